The van der Waals surface area contributed by atoms with E-state index in [2.05, 4.69) is 10.3 Å². The van der Waals surface area contributed by atoms with Crippen LogP contribution in [-0.4, -0.2) is 35.9 Å². The van der Waals surface area contributed by atoms with Gasteiger partial charge in [0.15, 0.2) is 0 Å². The Morgan fingerprint density at radius 1 is 1.47 bits per heavy atom. The quantitative estimate of drug-likeness (QED) is 0.495. The van der Waals surface area contributed by atoms with Gasteiger partial charge in [-0.3, -0.25) is 4.98 Å². The Labute approximate surface area is 112 Å². The van der Waals surface area contributed by atoms with Crippen LogP contribution in [0.1, 0.15) is 23.2 Å². The number of hydrogen-bond acceptors (Lipinski definition) is 6. The number of nitrogens with two attached hydrogens (primary N) is 1. The number of aromatic hydroxyl groups is 1. The van der Waals surface area contributed by atoms with Crippen LogP contribution in [0.25, 0.3) is 0 Å². The van der Waals surface area contributed by atoms with Crippen LogP contribution in [0.2, 0.25) is 0 Å². The molecule has 5 N–H and O–H groups in total. The van der Waals surface area contributed by atoms with Crippen LogP contribution < -0.4 is 10.5 Å². The fourth-order valence-corrected chi connectivity index (χ4v) is 2.18. The summed E-state index contributed by atoms with van der Waals surface area (Å²) < 4.78 is 21.5. The van der Waals surface area contributed by atoms with Crippen LogP contribution in [0, 0.1) is 6.92 Å². The lowest BCUT2D eigenvalue weighted by molar-refractivity contribution is 0.278. The molecular formula is C11H19N3O4S. The average Bonchev–Trinajstić information content (AvgIpc) is 2.32. The van der Waals surface area contributed by atoms with Crippen LogP contribution in [0.3, 0.4) is 0 Å². The van der Waals surface area contributed by atoms with Gasteiger partial charge in [-0.05, 0) is 19.9 Å². The van der Waals surface area contributed by atoms with Gasteiger partial charge in [-0.1, -0.05) is 0 Å². The van der Waals surface area contributed by atoms with Gasteiger partial charge < -0.3 is 15.5 Å². The Morgan fingerprint density at radius 3 is 2.74 bits per heavy atom. The number of sulfonamides is 1. The van der Waals surface area contributed by atoms with E-state index in [0.717, 1.165) is 0 Å². The number of rotatable bonds is 7. The molecule has 0 aliphatic rings. The second-order valence-corrected chi connectivity index (χ2v) is 5.99. The zero-order chi connectivity index (χ0) is 14.5. The van der Waals surface area contributed by atoms with Gasteiger partial charge in [0.05, 0.1) is 18.1 Å². The first kappa shape index (κ1) is 15.8. The maximum absolute atomic E-state index is 10.7. The first-order valence-corrected chi connectivity index (χ1v) is 7.55. The van der Waals surface area contributed by atoms with Crippen molar-refractivity contribution in [3.63, 3.8) is 0 Å². The molecule has 1 heterocycles. The van der Waals surface area contributed by atoms with Gasteiger partial charge in [0.1, 0.15) is 5.75 Å². The number of pyridine rings is 1. The molecule has 0 unspecified atom stereocenters. The molecule has 8 heteroatoms. The molecular weight excluding hydrogens is 270 g/mol. The van der Waals surface area contributed by atoms with Gasteiger partial charge in [0.25, 0.3) is 0 Å². The lowest BCUT2D eigenvalue weighted by atomic mass is 10.1. The number of nitrogens with zero attached hydrogens (tertiary/aromatic N) is 1. The Bertz CT molecular complexity index is 531. The van der Waals surface area contributed by atoms with E-state index < -0.39 is 10.0 Å². The number of aromatic nitrogens is 1. The average molecular weight is 289 g/mol. The van der Waals surface area contributed by atoms with Gasteiger partial charge in [0, 0.05) is 23.9 Å². The van der Waals surface area contributed by atoms with E-state index in [1.54, 1.807) is 6.92 Å². The fourth-order valence-electron chi connectivity index (χ4n) is 1.63. The van der Waals surface area contributed by atoms with E-state index in [1.807, 2.05) is 0 Å². The summed E-state index contributed by atoms with van der Waals surface area (Å²) in [5.41, 5.74) is 1.60. The zero-order valence-electron chi connectivity index (χ0n) is 10.8. The molecule has 19 heavy (non-hydrogen) atoms. The highest BCUT2D eigenvalue weighted by molar-refractivity contribution is 7.89. The largest absolute Gasteiger partial charge is 0.506 e. The van der Waals surface area contributed by atoms with Crippen molar-refractivity contribution in [1.29, 1.82) is 0 Å². The Morgan fingerprint density at radius 2 is 2.16 bits per heavy atom. The zero-order valence-corrected chi connectivity index (χ0v) is 11.6. The summed E-state index contributed by atoms with van der Waals surface area (Å²) in [6.07, 6.45) is 1.90. The standard InChI is InChI=1S/C11H19N3O4S/c1-8-11(16)10(9(7-15)5-14-8)6-13-3-2-4-19(12,17)18/h5,13,15-16H,2-4,6-7H2,1H3,(H2,12,17,18). The summed E-state index contributed by atoms with van der Waals surface area (Å²) in [5.74, 6) is -0.0423. The first-order chi connectivity index (χ1) is 8.85. The molecule has 1 aromatic rings. The predicted molar refractivity (Wildman–Crippen MR) is 70.9 cm³/mol. The molecule has 0 aliphatic carbocycles. The SMILES string of the molecule is Cc1ncc(CO)c(CNCCCS(N)(=O)=O)c1O. The van der Waals surface area contributed by atoms with Crippen molar-refractivity contribution < 1.29 is 18.6 Å². The van der Waals surface area contributed by atoms with Gasteiger partial charge in [-0.25, -0.2) is 13.6 Å². The molecule has 7 nitrogen and oxygen atoms in total. The number of aliphatic hydroxyl groups excluding tert-OH is 1. The fraction of sp³-hybridized carbons (Fsp3) is 0.545. The van der Waals surface area contributed by atoms with E-state index in [9.17, 15) is 13.5 Å². The Kier molecular flexibility index (Phi) is 5.67. The van der Waals surface area contributed by atoms with E-state index >= 15 is 0 Å². The molecule has 0 saturated heterocycles. The van der Waals surface area contributed by atoms with Crippen molar-refractivity contribution in [3.8, 4) is 5.75 Å². The van der Waals surface area contributed by atoms with Gasteiger partial charge in [0.2, 0.25) is 10.0 Å². The summed E-state index contributed by atoms with van der Waals surface area (Å²) in [6.45, 7) is 2.23. The minimum absolute atomic E-state index is 0.0468. The minimum atomic E-state index is -3.44. The van der Waals surface area contributed by atoms with E-state index in [0.29, 0.717) is 36.3 Å². The third kappa shape index (κ3) is 5.11. The predicted octanol–water partition coefficient (Wildman–Crippen LogP) is -0.644. The highest BCUT2D eigenvalue weighted by atomic mass is 32.2. The molecule has 0 atom stereocenters. The van der Waals surface area contributed by atoms with E-state index in [-0.39, 0.29) is 18.1 Å². The molecule has 0 aliphatic heterocycles. The molecule has 1 aromatic heterocycles. The molecule has 0 bridgehead atoms. The highest BCUT2D eigenvalue weighted by Crippen LogP contribution is 2.23. The third-order valence-corrected chi connectivity index (χ3v) is 3.54. The molecule has 0 fully saturated rings. The van der Waals surface area contributed by atoms with Crippen LogP contribution in [0.5, 0.6) is 5.75 Å². The van der Waals surface area contributed by atoms with Crippen molar-refractivity contribution in [3.05, 3.63) is 23.0 Å². The van der Waals surface area contributed by atoms with Crippen molar-refractivity contribution >= 4 is 10.0 Å². The summed E-state index contributed by atoms with van der Waals surface area (Å²) in [4.78, 5) is 3.95. The molecule has 108 valence electrons. The minimum Gasteiger partial charge on any atom is -0.506 e. The Hall–Kier alpha value is -1.22. The number of primary sulfonamides is 1. The van der Waals surface area contributed by atoms with Crippen molar-refractivity contribution in [1.82, 2.24) is 10.3 Å². The third-order valence-electron chi connectivity index (χ3n) is 2.68. The molecule has 0 radical (unpaired) electrons. The van der Waals surface area contributed by atoms with Crippen LogP contribution >= 0.6 is 0 Å². The Balaban J connectivity index is 2.56. The number of nitrogens with one attached hydrogen (secondary N) is 1. The van der Waals surface area contributed by atoms with Gasteiger partial charge in [-0.2, -0.15) is 0 Å². The number of aliphatic hydroxyl groups is 1. The molecule has 1 rings (SSSR count). The first-order valence-electron chi connectivity index (χ1n) is 5.83. The van der Waals surface area contributed by atoms with Gasteiger partial charge in [-0.15, -0.1) is 0 Å². The van der Waals surface area contributed by atoms with E-state index in [1.165, 1.54) is 6.20 Å². The number of aryl methyl sites for hydroxylation is 1. The van der Waals surface area contributed by atoms with Crippen molar-refractivity contribution in [2.24, 2.45) is 5.14 Å². The molecule has 0 aromatic carbocycles. The van der Waals surface area contributed by atoms with Crippen molar-refractivity contribution in [2.45, 2.75) is 26.5 Å². The summed E-state index contributed by atoms with van der Waals surface area (Å²) in [7, 11) is -3.44. The monoisotopic (exact) mass is 289 g/mol. The lowest BCUT2D eigenvalue weighted by Crippen LogP contribution is -2.22. The summed E-state index contributed by atoms with van der Waals surface area (Å²) in [5, 5.41) is 26.9. The second kappa shape index (κ2) is 6.80. The maximum atomic E-state index is 10.7. The molecule has 0 spiro atoms. The number of hydrogen-bond donors (Lipinski definition) is 4. The maximum Gasteiger partial charge on any atom is 0.209 e. The van der Waals surface area contributed by atoms with Crippen molar-refractivity contribution in [2.75, 3.05) is 12.3 Å². The van der Waals surface area contributed by atoms with E-state index in [4.69, 9.17) is 10.2 Å². The molecule has 0 saturated carbocycles. The van der Waals surface area contributed by atoms with Crippen LogP contribution in [0.4, 0.5) is 0 Å². The molecule has 0 amide bonds. The normalized spacial score (nSPS) is 11.7. The topological polar surface area (TPSA) is 126 Å². The second-order valence-electron chi connectivity index (χ2n) is 4.25. The van der Waals surface area contributed by atoms with Gasteiger partial charge >= 0.3 is 0 Å². The van der Waals surface area contributed by atoms with Crippen LogP contribution in [0.15, 0.2) is 6.20 Å². The summed E-state index contributed by atoms with van der Waals surface area (Å²) >= 11 is 0. The van der Waals surface area contributed by atoms with Crippen LogP contribution in [-0.2, 0) is 23.2 Å². The highest BCUT2D eigenvalue weighted by Gasteiger charge is 2.10. The smallest absolute Gasteiger partial charge is 0.209 e. The lowest BCUT2D eigenvalue weighted by Gasteiger charge is -2.12. The summed E-state index contributed by atoms with van der Waals surface area (Å²) in [6, 6.07) is 0.